The van der Waals surface area contributed by atoms with Crippen LogP contribution in [0, 0.1) is 0 Å². The van der Waals surface area contributed by atoms with Crippen LogP contribution in [0.4, 0.5) is 0 Å². The molecule has 4 heteroatoms. The van der Waals surface area contributed by atoms with Gasteiger partial charge >= 0.3 is 0 Å². The van der Waals surface area contributed by atoms with E-state index in [4.69, 9.17) is 7.85 Å². The largest absolute Gasteiger partial charge is 0.494 e. The van der Waals surface area contributed by atoms with Crippen LogP contribution >= 0.6 is 0 Å². The predicted molar refractivity (Wildman–Crippen MR) is 50.7 cm³/mol. The first-order valence-electron chi connectivity index (χ1n) is 3.77. The monoisotopic (exact) mass is 171 g/mol. The Bertz CT molecular complexity index is 476. The quantitative estimate of drug-likeness (QED) is 0.484. The van der Waals surface area contributed by atoms with Crippen molar-refractivity contribution >= 4 is 30.5 Å². The van der Waals surface area contributed by atoms with E-state index in [0.717, 1.165) is 0 Å². The van der Waals surface area contributed by atoms with E-state index in [2.05, 4.69) is 4.98 Å². The smallest absolute Gasteiger partial charge is 0.200 e. The number of aromatic amines is 1. The number of carbonyl (C=O) groups excluding carboxylic acids is 1. The summed E-state index contributed by atoms with van der Waals surface area (Å²) in [7, 11) is 5.53. The van der Waals surface area contributed by atoms with E-state index < -0.39 is 0 Å². The fourth-order valence-corrected chi connectivity index (χ4v) is 1.34. The molecular weight excluding hydrogens is 165 g/mol. The van der Waals surface area contributed by atoms with Crippen molar-refractivity contribution in [3.63, 3.8) is 0 Å². The first kappa shape index (κ1) is 7.92. The number of benzene rings is 1. The molecule has 0 atom stereocenters. The predicted octanol–water partition coefficient (Wildman–Crippen LogP) is 0.480. The molecule has 0 aliphatic rings. The molecule has 0 saturated heterocycles. The standard InChI is InChI=1S/C9H6BNO2/c10-5-1-2-6-7(4-12)9(13)11-8(6)3-5/h1-4,11,13H. The van der Waals surface area contributed by atoms with E-state index in [1.165, 1.54) is 0 Å². The van der Waals surface area contributed by atoms with Crippen LogP contribution in [-0.4, -0.2) is 24.2 Å². The number of H-pyrrole nitrogens is 1. The summed E-state index contributed by atoms with van der Waals surface area (Å²) in [5.41, 5.74) is 1.53. The molecule has 1 aromatic heterocycles. The molecule has 2 radical (unpaired) electrons. The third kappa shape index (κ3) is 1.11. The lowest BCUT2D eigenvalue weighted by Crippen LogP contribution is -1.99. The zero-order chi connectivity index (χ0) is 9.42. The van der Waals surface area contributed by atoms with Gasteiger partial charge in [0.15, 0.2) is 12.2 Å². The summed E-state index contributed by atoms with van der Waals surface area (Å²) in [5, 5.41) is 9.98. The minimum Gasteiger partial charge on any atom is -0.494 e. The number of fused-ring (bicyclic) bond motifs is 1. The van der Waals surface area contributed by atoms with Gasteiger partial charge in [0, 0.05) is 10.9 Å². The van der Waals surface area contributed by atoms with Gasteiger partial charge in [0.2, 0.25) is 0 Å². The van der Waals surface area contributed by atoms with Crippen molar-refractivity contribution < 1.29 is 9.90 Å². The average molecular weight is 171 g/mol. The fourth-order valence-electron chi connectivity index (χ4n) is 1.34. The third-order valence-electron chi connectivity index (χ3n) is 1.96. The summed E-state index contributed by atoms with van der Waals surface area (Å²) in [5.74, 6) is -0.115. The summed E-state index contributed by atoms with van der Waals surface area (Å²) in [6.07, 6.45) is 0.615. The molecule has 1 aromatic carbocycles. The van der Waals surface area contributed by atoms with E-state index in [0.29, 0.717) is 22.7 Å². The highest BCUT2D eigenvalue weighted by atomic mass is 16.3. The van der Waals surface area contributed by atoms with Crippen LogP contribution in [0.5, 0.6) is 5.88 Å². The molecule has 0 saturated carbocycles. The number of aromatic nitrogens is 1. The Morgan fingerprint density at radius 2 is 2.23 bits per heavy atom. The Labute approximate surface area is 75.8 Å². The van der Waals surface area contributed by atoms with Crippen LogP contribution in [0.3, 0.4) is 0 Å². The first-order chi connectivity index (χ1) is 6.22. The van der Waals surface area contributed by atoms with Gasteiger partial charge in [0.1, 0.15) is 7.85 Å². The highest BCUT2D eigenvalue weighted by Crippen LogP contribution is 2.23. The van der Waals surface area contributed by atoms with Gasteiger partial charge in [-0.15, -0.1) is 0 Å². The summed E-state index contributed by atoms with van der Waals surface area (Å²) in [6, 6.07) is 5.05. The Morgan fingerprint density at radius 3 is 2.92 bits per heavy atom. The van der Waals surface area contributed by atoms with Gasteiger partial charge in [0.25, 0.3) is 0 Å². The Morgan fingerprint density at radius 1 is 1.46 bits per heavy atom. The summed E-state index contributed by atoms with van der Waals surface area (Å²) in [6.45, 7) is 0. The van der Waals surface area contributed by atoms with E-state index in [9.17, 15) is 9.90 Å². The molecule has 2 rings (SSSR count). The maximum absolute atomic E-state index is 10.6. The minimum absolute atomic E-state index is 0.115. The Balaban J connectivity index is 2.86. The second-order valence-corrected chi connectivity index (χ2v) is 2.81. The van der Waals surface area contributed by atoms with Crippen LogP contribution in [0.2, 0.25) is 0 Å². The second-order valence-electron chi connectivity index (χ2n) is 2.81. The number of aldehydes is 1. The molecule has 0 fully saturated rings. The molecule has 62 valence electrons. The van der Waals surface area contributed by atoms with Crippen molar-refractivity contribution in [1.29, 1.82) is 0 Å². The minimum atomic E-state index is -0.115. The molecule has 2 aromatic rings. The molecule has 1 heterocycles. The van der Waals surface area contributed by atoms with Crippen molar-refractivity contribution in [2.45, 2.75) is 0 Å². The SMILES string of the molecule is [B]c1ccc2c(C=O)c(O)[nH]c2c1. The summed E-state index contributed by atoms with van der Waals surface area (Å²) in [4.78, 5) is 13.2. The van der Waals surface area contributed by atoms with Crippen molar-refractivity contribution in [1.82, 2.24) is 4.98 Å². The number of hydrogen-bond acceptors (Lipinski definition) is 2. The van der Waals surface area contributed by atoms with Crippen molar-refractivity contribution in [2.24, 2.45) is 0 Å². The number of carbonyl (C=O) groups is 1. The van der Waals surface area contributed by atoms with Gasteiger partial charge in [-0.05, 0) is 6.07 Å². The van der Waals surface area contributed by atoms with E-state index >= 15 is 0 Å². The van der Waals surface area contributed by atoms with E-state index in [1.54, 1.807) is 18.2 Å². The highest BCUT2D eigenvalue weighted by Gasteiger charge is 2.08. The molecule has 0 unspecified atom stereocenters. The highest BCUT2D eigenvalue weighted by molar-refractivity contribution is 6.33. The number of aromatic hydroxyl groups is 1. The normalized spacial score (nSPS) is 10.5. The lowest BCUT2D eigenvalue weighted by Gasteiger charge is -1.92. The molecule has 3 nitrogen and oxygen atoms in total. The van der Waals surface area contributed by atoms with Crippen molar-refractivity contribution in [3.05, 3.63) is 23.8 Å². The van der Waals surface area contributed by atoms with Gasteiger partial charge in [-0.1, -0.05) is 17.6 Å². The Kier molecular flexibility index (Phi) is 1.62. The fraction of sp³-hybridized carbons (Fsp3) is 0. The molecule has 0 bridgehead atoms. The number of rotatable bonds is 1. The van der Waals surface area contributed by atoms with Crippen molar-refractivity contribution in [2.75, 3.05) is 0 Å². The zero-order valence-corrected chi connectivity index (χ0v) is 6.74. The maximum Gasteiger partial charge on any atom is 0.200 e. The molecule has 0 aliphatic carbocycles. The van der Waals surface area contributed by atoms with E-state index in [1.807, 2.05) is 0 Å². The van der Waals surface area contributed by atoms with Crippen LogP contribution in [0.25, 0.3) is 10.9 Å². The Hall–Kier alpha value is -1.71. The van der Waals surface area contributed by atoms with E-state index in [-0.39, 0.29) is 11.4 Å². The van der Waals surface area contributed by atoms with Gasteiger partial charge in [-0.3, -0.25) is 4.79 Å². The lowest BCUT2D eigenvalue weighted by atomic mass is 9.95. The molecular formula is C9H6BNO2. The molecule has 2 N–H and O–H groups in total. The van der Waals surface area contributed by atoms with Crippen molar-refractivity contribution in [3.8, 4) is 5.88 Å². The van der Waals surface area contributed by atoms with Crippen LogP contribution in [0.15, 0.2) is 18.2 Å². The zero-order valence-electron chi connectivity index (χ0n) is 6.74. The second kappa shape index (κ2) is 2.66. The summed E-state index contributed by atoms with van der Waals surface area (Å²) >= 11 is 0. The average Bonchev–Trinajstić information content (AvgIpc) is 2.39. The summed E-state index contributed by atoms with van der Waals surface area (Å²) < 4.78 is 0. The van der Waals surface area contributed by atoms with Crippen LogP contribution in [0.1, 0.15) is 10.4 Å². The number of nitrogens with one attached hydrogen (secondary N) is 1. The molecule has 13 heavy (non-hydrogen) atoms. The maximum atomic E-state index is 10.6. The molecule has 0 spiro atoms. The lowest BCUT2D eigenvalue weighted by molar-refractivity contribution is 0.112. The molecule has 0 aliphatic heterocycles. The van der Waals surface area contributed by atoms with Gasteiger partial charge in [-0.25, -0.2) is 0 Å². The van der Waals surface area contributed by atoms with Gasteiger partial charge < -0.3 is 10.1 Å². The molecule has 0 amide bonds. The van der Waals surface area contributed by atoms with Crippen LogP contribution in [-0.2, 0) is 0 Å². The van der Waals surface area contributed by atoms with Gasteiger partial charge in [-0.2, -0.15) is 0 Å². The first-order valence-corrected chi connectivity index (χ1v) is 3.77. The van der Waals surface area contributed by atoms with Crippen LogP contribution < -0.4 is 5.46 Å². The third-order valence-corrected chi connectivity index (χ3v) is 1.96. The number of hydrogen-bond donors (Lipinski definition) is 2. The topological polar surface area (TPSA) is 53.1 Å². The van der Waals surface area contributed by atoms with Gasteiger partial charge in [0.05, 0.1) is 5.56 Å².